The molecule has 1 aromatic rings. The molecule has 7 heteroatoms. The zero-order chi connectivity index (χ0) is 19.8. The van der Waals surface area contributed by atoms with Gasteiger partial charge in [-0.3, -0.25) is 4.79 Å². The van der Waals surface area contributed by atoms with Crippen LogP contribution in [0.2, 0.25) is 0 Å². The monoisotopic (exact) mass is 404 g/mol. The third-order valence-corrected chi connectivity index (χ3v) is 6.36. The van der Waals surface area contributed by atoms with Crippen LogP contribution < -0.4 is 10.6 Å². The van der Waals surface area contributed by atoms with Crippen molar-refractivity contribution in [2.75, 3.05) is 31.1 Å². The Kier molecular flexibility index (Phi) is 7.89. The van der Waals surface area contributed by atoms with Crippen LogP contribution in [0.5, 0.6) is 5.75 Å². The molecule has 0 radical (unpaired) electrons. The summed E-state index contributed by atoms with van der Waals surface area (Å²) >= 11 is 1.94. The number of guanidine groups is 1. The van der Waals surface area contributed by atoms with Crippen molar-refractivity contribution in [3.8, 4) is 5.75 Å². The van der Waals surface area contributed by atoms with Gasteiger partial charge in [-0.2, -0.15) is 11.8 Å². The lowest BCUT2D eigenvalue weighted by Crippen LogP contribution is -2.47. The van der Waals surface area contributed by atoms with Crippen molar-refractivity contribution in [2.45, 2.75) is 45.2 Å². The van der Waals surface area contributed by atoms with Crippen LogP contribution in [0.25, 0.3) is 0 Å². The van der Waals surface area contributed by atoms with Crippen molar-refractivity contribution in [2.24, 2.45) is 10.9 Å². The summed E-state index contributed by atoms with van der Waals surface area (Å²) in [4.78, 5) is 19.4. The number of nitrogens with zero attached hydrogens (tertiary/aromatic N) is 2. The number of phenolic OH excluding ortho intramolecular Hbond substituents is 1. The van der Waals surface area contributed by atoms with E-state index in [1.165, 1.54) is 0 Å². The first kappa shape index (κ1) is 20.8. The lowest BCUT2D eigenvalue weighted by molar-refractivity contribution is -0.136. The number of nitrogens with one attached hydrogen (secondary N) is 2. The molecule has 1 aliphatic heterocycles. The average molecular weight is 405 g/mol. The highest BCUT2D eigenvalue weighted by Gasteiger charge is 2.30. The van der Waals surface area contributed by atoms with Gasteiger partial charge in [0.15, 0.2) is 5.96 Å². The van der Waals surface area contributed by atoms with Gasteiger partial charge in [-0.25, -0.2) is 4.99 Å². The van der Waals surface area contributed by atoms with E-state index in [1.54, 1.807) is 12.1 Å². The van der Waals surface area contributed by atoms with Crippen LogP contribution in [0, 0.1) is 5.92 Å². The van der Waals surface area contributed by atoms with Gasteiger partial charge in [0.05, 0.1) is 6.54 Å². The predicted molar refractivity (Wildman–Crippen MR) is 116 cm³/mol. The van der Waals surface area contributed by atoms with E-state index >= 15 is 0 Å². The van der Waals surface area contributed by atoms with Gasteiger partial charge in [0.25, 0.3) is 0 Å². The second kappa shape index (κ2) is 10.6. The second-order valence-electron chi connectivity index (χ2n) is 7.50. The molecule has 3 N–H and O–H groups in total. The summed E-state index contributed by atoms with van der Waals surface area (Å²) in [6, 6.07) is 7.55. The highest BCUT2D eigenvalue weighted by Crippen LogP contribution is 2.27. The quantitative estimate of drug-likeness (QED) is 0.519. The van der Waals surface area contributed by atoms with Gasteiger partial charge in [-0.1, -0.05) is 12.1 Å². The summed E-state index contributed by atoms with van der Waals surface area (Å²) in [5.41, 5.74) is 0.978. The molecule has 1 heterocycles. The minimum absolute atomic E-state index is 0.188. The van der Waals surface area contributed by atoms with Crippen molar-refractivity contribution in [3.05, 3.63) is 29.8 Å². The third kappa shape index (κ3) is 6.06. The Morgan fingerprint density at radius 2 is 2.00 bits per heavy atom. The fourth-order valence-electron chi connectivity index (χ4n) is 3.87. The maximum Gasteiger partial charge on any atom is 0.225 e. The van der Waals surface area contributed by atoms with Gasteiger partial charge in [-0.15, -0.1) is 0 Å². The number of hydrogen-bond donors (Lipinski definition) is 3. The minimum Gasteiger partial charge on any atom is -0.508 e. The van der Waals surface area contributed by atoms with Crippen LogP contribution in [-0.4, -0.2) is 59.1 Å². The van der Waals surface area contributed by atoms with Crippen LogP contribution in [0.3, 0.4) is 0 Å². The zero-order valence-electron chi connectivity index (χ0n) is 16.7. The number of carbonyl (C=O) groups is 1. The second-order valence-corrected chi connectivity index (χ2v) is 8.72. The third-order valence-electron chi connectivity index (χ3n) is 5.41. The van der Waals surface area contributed by atoms with Gasteiger partial charge >= 0.3 is 0 Å². The van der Waals surface area contributed by atoms with E-state index in [9.17, 15) is 9.90 Å². The van der Waals surface area contributed by atoms with Crippen LogP contribution in [0.1, 0.15) is 38.2 Å². The van der Waals surface area contributed by atoms with Crippen molar-refractivity contribution < 1.29 is 9.90 Å². The first-order chi connectivity index (χ1) is 13.7. The summed E-state index contributed by atoms with van der Waals surface area (Å²) in [5.74, 6) is 3.76. The maximum absolute atomic E-state index is 12.7. The molecule has 154 valence electrons. The number of hydrogen-bond acceptors (Lipinski definition) is 4. The first-order valence-electron chi connectivity index (χ1n) is 10.3. The highest BCUT2D eigenvalue weighted by atomic mass is 32.2. The van der Waals surface area contributed by atoms with Crippen molar-refractivity contribution in [1.29, 1.82) is 0 Å². The lowest BCUT2D eigenvalue weighted by Gasteiger charge is -2.34. The van der Waals surface area contributed by atoms with Gasteiger partial charge < -0.3 is 20.6 Å². The number of rotatable bonds is 5. The number of thioether (sulfide) groups is 1. The number of aromatic hydroxyl groups is 1. The van der Waals surface area contributed by atoms with E-state index < -0.39 is 0 Å². The molecule has 0 atom stereocenters. The number of benzene rings is 1. The first-order valence-corrected chi connectivity index (χ1v) is 11.5. The maximum atomic E-state index is 12.7. The number of amides is 1. The Balaban J connectivity index is 1.49. The van der Waals surface area contributed by atoms with E-state index in [0.717, 1.165) is 68.3 Å². The van der Waals surface area contributed by atoms with Gasteiger partial charge in [0.1, 0.15) is 5.75 Å². The Bertz CT molecular complexity index is 668. The molecule has 0 spiro atoms. The molecular weight excluding hydrogens is 372 g/mol. The molecule has 1 saturated heterocycles. The summed E-state index contributed by atoms with van der Waals surface area (Å²) in [5, 5.41) is 16.4. The van der Waals surface area contributed by atoms with E-state index in [1.807, 2.05) is 23.9 Å². The van der Waals surface area contributed by atoms with E-state index in [0.29, 0.717) is 18.5 Å². The Labute approximate surface area is 172 Å². The van der Waals surface area contributed by atoms with Crippen LogP contribution in [0.15, 0.2) is 29.3 Å². The average Bonchev–Trinajstić information content (AvgIpc) is 2.73. The molecule has 1 aromatic carbocycles. The molecular formula is C21H32N4O2S. The zero-order valence-corrected chi connectivity index (χ0v) is 17.5. The number of phenols is 1. The van der Waals surface area contributed by atoms with Crippen molar-refractivity contribution >= 4 is 23.6 Å². The van der Waals surface area contributed by atoms with Crippen LogP contribution in [-0.2, 0) is 11.3 Å². The molecule has 1 amide bonds. The van der Waals surface area contributed by atoms with Crippen LogP contribution in [0.4, 0.5) is 0 Å². The van der Waals surface area contributed by atoms with E-state index in [-0.39, 0.29) is 11.7 Å². The smallest absolute Gasteiger partial charge is 0.225 e. The predicted octanol–water partition coefficient (Wildman–Crippen LogP) is 2.58. The van der Waals surface area contributed by atoms with Crippen molar-refractivity contribution in [3.63, 3.8) is 0 Å². The molecule has 28 heavy (non-hydrogen) atoms. The molecule has 3 rings (SSSR count). The topological polar surface area (TPSA) is 77.0 Å². The van der Waals surface area contributed by atoms with Crippen molar-refractivity contribution in [1.82, 2.24) is 15.5 Å². The number of aliphatic imine (C=N–C) groups is 1. The fourth-order valence-corrected chi connectivity index (χ4v) is 4.77. The summed E-state index contributed by atoms with van der Waals surface area (Å²) in [6.45, 7) is 5.19. The largest absolute Gasteiger partial charge is 0.508 e. The Morgan fingerprint density at radius 1 is 1.25 bits per heavy atom. The molecule has 0 unspecified atom stereocenters. The SMILES string of the molecule is CCNC(=NCc1cccc(O)c1)NC1CCC(C(=O)N2CCSCC2)CC1. The van der Waals surface area contributed by atoms with E-state index in [4.69, 9.17) is 0 Å². The molecule has 0 bridgehead atoms. The van der Waals surface area contributed by atoms with Crippen LogP contribution >= 0.6 is 11.8 Å². The van der Waals surface area contributed by atoms with E-state index in [2.05, 4.69) is 27.4 Å². The minimum atomic E-state index is 0.188. The Hall–Kier alpha value is -1.89. The number of carbonyl (C=O) groups excluding carboxylic acids is 1. The standard InChI is InChI=1S/C21H32N4O2S/c1-2-22-21(23-15-16-4-3-5-19(26)14-16)24-18-8-6-17(7-9-18)20(27)25-10-12-28-13-11-25/h3-5,14,17-18,26H,2,6-13,15H2,1H3,(H2,22,23,24). The van der Waals surface area contributed by atoms with Gasteiger partial charge in [0, 0.05) is 43.1 Å². The molecule has 2 aliphatic rings. The molecule has 1 saturated carbocycles. The highest BCUT2D eigenvalue weighted by molar-refractivity contribution is 7.99. The fraction of sp³-hybridized carbons (Fsp3) is 0.619. The molecule has 6 nitrogen and oxygen atoms in total. The normalized spacial score (nSPS) is 23.3. The molecule has 0 aromatic heterocycles. The summed E-state index contributed by atoms with van der Waals surface area (Å²) in [7, 11) is 0. The Morgan fingerprint density at radius 3 is 2.68 bits per heavy atom. The summed E-state index contributed by atoms with van der Waals surface area (Å²) in [6.07, 6.45) is 3.89. The summed E-state index contributed by atoms with van der Waals surface area (Å²) < 4.78 is 0. The van der Waals surface area contributed by atoms with Gasteiger partial charge in [-0.05, 0) is 50.3 Å². The van der Waals surface area contributed by atoms with Gasteiger partial charge in [0.2, 0.25) is 5.91 Å². The molecule has 1 aliphatic carbocycles. The lowest BCUT2D eigenvalue weighted by atomic mass is 9.85. The molecule has 2 fully saturated rings.